The van der Waals surface area contributed by atoms with Gasteiger partial charge < -0.3 is 10.6 Å². The molecule has 0 bridgehead atoms. The van der Waals surface area contributed by atoms with E-state index in [2.05, 4.69) is 20.9 Å². The minimum atomic E-state index is -0.421. The molecule has 1 rings (SSSR count). The van der Waals surface area contributed by atoms with E-state index in [-0.39, 0.29) is 11.9 Å². The van der Waals surface area contributed by atoms with E-state index in [1.807, 2.05) is 20.8 Å². The number of likely N-dealkylation sites (N-methyl/N-ethyl adjacent to an activating group) is 1. The summed E-state index contributed by atoms with van der Waals surface area (Å²) in [5, 5.41) is 8.21. The second-order valence-corrected chi connectivity index (χ2v) is 4.50. The first-order valence-corrected chi connectivity index (χ1v) is 6.65. The number of hydrogen-bond donors (Lipinski definition) is 3. The minimum Gasteiger partial charge on any atom is -0.338 e. The molecule has 2 unspecified atom stereocenters. The number of amides is 3. The Morgan fingerprint density at radius 3 is 2.67 bits per heavy atom. The Balaban J connectivity index is 2.51. The number of imide groups is 1. The summed E-state index contributed by atoms with van der Waals surface area (Å²) < 4.78 is 0. The SMILES string of the molecule is CCNC(=O)NC(=O)C(C)N(CC)C1CCNC1. The third-order valence-electron chi connectivity index (χ3n) is 3.32. The molecule has 0 aromatic carbocycles. The highest BCUT2D eigenvalue weighted by atomic mass is 16.2. The summed E-state index contributed by atoms with van der Waals surface area (Å²) in [7, 11) is 0. The molecule has 1 aliphatic rings. The lowest BCUT2D eigenvalue weighted by molar-refractivity contribution is -0.125. The van der Waals surface area contributed by atoms with Gasteiger partial charge in [0.1, 0.15) is 0 Å². The largest absolute Gasteiger partial charge is 0.338 e. The number of nitrogens with zero attached hydrogens (tertiary/aromatic N) is 1. The number of urea groups is 1. The van der Waals surface area contributed by atoms with E-state index in [9.17, 15) is 9.59 Å². The Hall–Kier alpha value is -1.14. The van der Waals surface area contributed by atoms with Crippen LogP contribution >= 0.6 is 0 Å². The van der Waals surface area contributed by atoms with E-state index in [1.165, 1.54) is 0 Å². The monoisotopic (exact) mass is 256 g/mol. The van der Waals surface area contributed by atoms with E-state index in [0.29, 0.717) is 12.6 Å². The molecule has 1 heterocycles. The van der Waals surface area contributed by atoms with Gasteiger partial charge in [0.25, 0.3) is 0 Å². The second-order valence-electron chi connectivity index (χ2n) is 4.50. The molecule has 0 aromatic heterocycles. The van der Waals surface area contributed by atoms with Crippen molar-refractivity contribution in [3.05, 3.63) is 0 Å². The molecule has 0 saturated carbocycles. The zero-order valence-corrected chi connectivity index (χ0v) is 11.5. The third-order valence-corrected chi connectivity index (χ3v) is 3.32. The van der Waals surface area contributed by atoms with Crippen LogP contribution in [0.25, 0.3) is 0 Å². The molecule has 104 valence electrons. The Morgan fingerprint density at radius 2 is 2.17 bits per heavy atom. The van der Waals surface area contributed by atoms with Gasteiger partial charge in [0.05, 0.1) is 6.04 Å². The molecule has 0 aromatic rings. The van der Waals surface area contributed by atoms with Crippen LogP contribution in [-0.2, 0) is 4.79 Å². The molecule has 2 atom stereocenters. The maximum Gasteiger partial charge on any atom is 0.321 e. The van der Waals surface area contributed by atoms with Crippen LogP contribution < -0.4 is 16.0 Å². The zero-order valence-electron chi connectivity index (χ0n) is 11.5. The molecule has 6 nitrogen and oxygen atoms in total. The molecular weight excluding hydrogens is 232 g/mol. The summed E-state index contributed by atoms with van der Waals surface area (Å²) >= 11 is 0. The molecular formula is C12H24N4O2. The Kier molecular flexibility index (Phi) is 6.07. The van der Waals surface area contributed by atoms with E-state index < -0.39 is 6.03 Å². The minimum absolute atomic E-state index is 0.241. The van der Waals surface area contributed by atoms with Gasteiger partial charge in [-0.05, 0) is 33.4 Å². The zero-order chi connectivity index (χ0) is 13.5. The summed E-state index contributed by atoms with van der Waals surface area (Å²) in [6, 6.07) is -0.331. The van der Waals surface area contributed by atoms with Crippen LogP contribution in [0.15, 0.2) is 0 Å². The van der Waals surface area contributed by atoms with Crippen molar-refractivity contribution in [2.24, 2.45) is 0 Å². The number of nitrogens with one attached hydrogen (secondary N) is 3. The van der Waals surface area contributed by atoms with Crippen molar-refractivity contribution in [2.75, 3.05) is 26.2 Å². The number of hydrogen-bond acceptors (Lipinski definition) is 4. The van der Waals surface area contributed by atoms with Gasteiger partial charge >= 0.3 is 6.03 Å². The first kappa shape index (κ1) is 14.9. The van der Waals surface area contributed by atoms with Crippen molar-refractivity contribution in [3.8, 4) is 0 Å². The van der Waals surface area contributed by atoms with Crippen molar-refractivity contribution in [3.63, 3.8) is 0 Å². The average molecular weight is 256 g/mol. The maximum absolute atomic E-state index is 12.0. The van der Waals surface area contributed by atoms with Gasteiger partial charge in [-0.3, -0.25) is 15.0 Å². The molecule has 0 aliphatic carbocycles. The van der Waals surface area contributed by atoms with Crippen molar-refractivity contribution in [1.29, 1.82) is 0 Å². The van der Waals surface area contributed by atoms with Gasteiger partial charge in [0.15, 0.2) is 0 Å². The summed E-state index contributed by atoms with van der Waals surface area (Å²) in [4.78, 5) is 25.4. The van der Waals surface area contributed by atoms with Crippen LogP contribution in [-0.4, -0.2) is 55.1 Å². The van der Waals surface area contributed by atoms with E-state index in [0.717, 1.165) is 26.1 Å². The molecule has 1 fully saturated rings. The van der Waals surface area contributed by atoms with E-state index in [1.54, 1.807) is 0 Å². The van der Waals surface area contributed by atoms with Crippen LogP contribution in [0.3, 0.4) is 0 Å². The Labute approximate surface area is 108 Å². The van der Waals surface area contributed by atoms with E-state index in [4.69, 9.17) is 0 Å². The van der Waals surface area contributed by atoms with Gasteiger partial charge in [-0.25, -0.2) is 4.79 Å². The lowest BCUT2D eigenvalue weighted by Crippen LogP contribution is -2.53. The van der Waals surface area contributed by atoms with Crippen LogP contribution in [0, 0.1) is 0 Å². The molecule has 18 heavy (non-hydrogen) atoms. The van der Waals surface area contributed by atoms with Gasteiger partial charge in [0.2, 0.25) is 5.91 Å². The van der Waals surface area contributed by atoms with Gasteiger partial charge in [-0.2, -0.15) is 0 Å². The fraction of sp³-hybridized carbons (Fsp3) is 0.833. The maximum atomic E-state index is 12.0. The second kappa shape index (κ2) is 7.33. The van der Waals surface area contributed by atoms with Crippen molar-refractivity contribution < 1.29 is 9.59 Å². The van der Waals surface area contributed by atoms with Crippen molar-refractivity contribution >= 4 is 11.9 Å². The lowest BCUT2D eigenvalue weighted by atomic mass is 10.1. The normalized spacial score (nSPS) is 20.8. The first-order valence-electron chi connectivity index (χ1n) is 6.65. The highest BCUT2D eigenvalue weighted by molar-refractivity contribution is 5.96. The standard InChI is InChI=1S/C12H24N4O2/c1-4-14-12(18)15-11(17)9(3)16(5-2)10-6-7-13-8-10/h9-10,13H,4-8H2,1-3H3,(H2,14,15,17,18). The highest BCUT2D eigenvalue weighted by Gasteiger charge is 2.29. The molecule has 0 spiro atoms. The fourth-order valence-electron chi connectivity index (χ4n) is 2.34. The Bertz CT molecular complexity index is 290. The highest BCUT2D eigenvalue weighted by Crippen LogP contribution is 2.12. The van der Waals surface area contributed by atoms with Crippen LogP contribution in [0.1, 0.15) is 27.2 Å². The van der Waals surface area contributed by atoms with Crippen LogP contribution in [0.4, 0.5) is 4.79 Å². The number of carbonyl (C=O) groups excluding carboxylic acids is 2. The lowest BCUT2D eigenvalue weighted by Gasteiger charge is -2.31. The summed E-state index contributed by atoms with van der Waals surface area (Å²) in [6.45, 7) is 8.91. The van der Waals surface area contributed by atoms with Gasteiger partial charge in [-0.1, -0.05) is 6.92 Å². The average Bonchev–Trinajstić information content (AvgIpc) is 2.83. The van der Waals surface area contributed by atoms with Crippen molar-refractivity contribution in [2.45, 2.75) is 39.3 Å². The quantitative estimate of drug-likeness (QED) is 0.642. The summed E-state index contributed by atoms with van der Waals surface area (Å²) in [5.41, 5.74) is 0. The topological polar surface area (TPSA) is 73.5 Å². The molecule has 1 saturated heterocycles. The molecule has 3 N–H and O–H groups in total. The number of rotatable bonds is 5. The number of carbonyl (C=O) groups is 2. The van der Waals surface area contributed by atoms with E-state index >= 15 is 0 Å². The molecule has 6 heteroatoms. The molecule has 1 aliphatic heterocycles. The van der Waals surface area contributed by atoms with Crippen molar-refractivity contribution in [1.82, 2.24) is 20.9 Å². The summed E-state index contributed by atoms with van der Waals surface area (Å²) in [6.07, 6.45) is 1.05. The van der Waals surface area contributed by atoms with Gasteiger partial charge in [0, 0.05) is 19.1 Å². The summed E-state index contributed by atoms with van der Waals surface area (Å²) in [5.74, 6) is -0.241. The van der Waals surface area contributed by atoms with Crippen LogP contribution in [0.5, 0.6) is 0 Å². The molecule has 3 amide bonds. The van der Waals surface area contributed by atoms with Crippen LogP contribution in [0.2, 0.25) is 0 Å². The Morgan fingerprint density at radius 1 is 1.44 bits per heavy atom. The third kappa shape index (κ3) is 3.96. The van der Waals surface area contributed by atoms with Gasteiger partial charge in [-0.15, -0.1) is 0 Å². The first-order chi connectivity index (χ1) is 8.60. The predicted octanol–water partition coefficient (Wildman–Crippen LogP) is -0.0956. The smallest absolute Gasteiger partial charge is 0.321 e. The predicted molar refractivity (Wildman–Crippen MR) is 70.3 cm³/mol. The molecule has 0 radical (unpaired) electrons. The fourth-order valence-corrected chi connectivity index (χ4v) is 2.34.